The highest BCUT2D eigenvalue weighted by atomic mass is 16.5. The molecule has 0 saturated heterocycles. The first-order chi connectivity index (χ1) is 10.3. The molecule has 0 unspecified atom stereocenters. The van der Waals surface area contributed by atoms with Crippen molar-refractivity contribution in [2.24, 2.45) is 0 Å². The van der Waals surface area contributed by atoms with Gasteiger partial charge in [0.2, 0.25) is 0 Å². The standard InChI is InChI=1S/C19H22O3/c1-13-12-15(19(2,3)4)8-11-17(13)22-18(20)14-6-9-16(21-5)10-7-14/h6-12H,1-5H3. The molecule has 3 nitrogen and oxygen atoms in total. The number of benzene rings is 2. The predicted molar refractivity (Wildman–Crippen MR) is 87.8 cm³/mol. The van der Waals surface area contributed by atoms with Gasteiger partial charge in [-0.15, -0.1) is 0 Å². The maximum absolute atomic E-state index is 12.2. The van der Waals surface area contributed by atoms with E-state index < -0.39 is 0 Å². The van der Waals surface area contributed by atoms with Crippen LogP contribution in [-0.2, 0) is 5.41 Å². The van der Waals surface area contributed by atoms with Crippen molar-refractivity contribution in [2.75, 3.05) is 7.11 Å². The maximum Gasteiger partial charge on any atom is 0.343 e. The van der Waals surface area contributed by atoms with Crippen LogP contribution in [0.25, 0.3) is 0 Å². The molecule has 2 aromatic carbocycles. The molecular weight excluding hydrogens is 276 g/mol. The topological polar surface area (TPSA) is 35.5 Å². The van der Waals surface area contributed by atoms with E-state index in [2.05, 4.69) is 26.8 Å². The summed E-state index contributed by atoms with van der Waals surface area (Å²) in [5, 5.41) is 0. The van der Waals surface area contributed by atoms with E-state index in [1.165, 1.54) is 5.56 Å². The Morgan fingerprint density at radius 3 is 2.14 bits per heavy atom. The number of aryl methyl sites for hydroxylation is 1. The second kappa shape index (κ2) is 6.22. The maximum atomic E-state index is 12.2. The van der Waals surface area contributed by atoms with Gasteiger partial charge < -0.3 is 9.47 Å². The molecule has 0 amide bonds. The van der Waals surface area contributed by atoms with Crippen molar-refractivity contribution in [3.63, 3.8) is 0 Å². The summed E-state index contributed by atoms with van der Waals surface area (Å²) in [6.07, 6.45) is 0. The smallest absolute Gasteiger partial charge is 0.343 e. The molecule has 2 aromatic rings. The van der Waals surface area contributed by atoms with Crippen LogP contribution in [0.1, 0.15) is 42.3 Å². The molecule has 0 atom stereocenters. The minimum Gasteiger partial charge on any atom is -0.497 e. The lowest BCUT2D eigenvalue weighted by atomic mass is 9.86. The number of esters is 1. The van der Waals surface area contributed by atoms with Gasteiger partial charge in [0.15, 0.2) is 0 Å². The largest absolute Gasteiger partial charge is 0.497 e. The molecular formula is C19H22O3. The highest BCUT2D eigenvalue weighted by Crippen LogP contribution is 2.28. The first kappa shape index (κ1) is 16.1. The minimum atomic E-state index is -0.366. The summed E-state index contributed by atoms with van der Waals surface area (Å²) >= 11 is 0. The van der Waals surface area contributed by atoms with Crippen molar-refractivity contribution in [1.29, 1.82) is 0 Å². The average molecular weight is 298 g/mol. The Morgan fingerprint density at radius 2 is 1.64 bits per heavy atom. The fourth-order valence-corrected chi connectivity index (χ4v) is 2.12. The van der Waals surface area contributed by atoms with E-state index in [-0.39, 0.29) is 11.4 Å². The monoisotopic (exact) mass is 298 g/mol. The number of methoxy groups -OCH3 is 1. The Kier molecular flexibility index (Phi) is 4.55. The van der Waals surface area contributed by atoms with E-state index >= 15 is 0 Å². The fourth-order valence-electron chi connectivity index (χ4n) is 2.12. The van der Waals surface area contributed by atoms with Crippen molar-refractivity contribution in [2.45, 2.75) is 33.1 Å². The third-order valence-electron chi connectivity index (χ3n) is 3.57. The molecule has 0 heterocycles. The van der Waals surface area contributed by atoms with Gasteiger partial charge in [0.25, 0.3) is 0 Å². The van der Waals surface area contributed by atoms with Crippen molar-refractivity contribution in [3.8, 4) is 11.5 Å². The number of hydrogen-bond acceptors (Lipinski definition) is 3. The molecule has 0 aromatic heterocycles. The molecule has 0 aliphatic rings. The normalized spacial score (nSPS) is 11.1. The van der Waals surface area contributed by atoms with Gasteiger partial charge in [0.05, 0.1) is 12.7 Å². The van der Waals surface area contributed by atoms with E-state index in [0.717, 1.165) is 5.56 Å². The van der Waals surface area contributed by atoms with E-state index in [1.807, 2.05) is 19.1 Å². The van der Waals surface area contributed by atoms with Crippen LogP contribution in [0.5, 0.6) is 11.5 Å². The number of ether oxygens (including phenoxy) is 2. The van der Waals surface area contributed by atoms with Crippen molar-refractivity contribution >= 4 is 5.97 Å². The molecule has 0 radical (unpaired) electrons. The van der Waals surface area contributed by atoms with E-state index in [4.69, 9.17) is 9.47 Å². The molecule has 22 heavy (non-hydrogen) atoms. The lowest BCUT2D eigenvalue weighted by Crippen LogP contribution is -2.13. The predicted octanol–water partition coefficient (Wildman–Crippen LogP) is 4.52. The van der Waals surface area contributed by atoms with Crippen LogP contribution in [0.15, 0.2) is 42.5 Å². The van der Waals surface area contributed by atoms with Crippen LogP contribution in [0.4, 0.5) is 0 Å². The van der Waals surface area contributed by atoms with Crippen LogP contribution in [-0.4, -0.2) is 13.1 Å². The van der Waals surface area contributed by atoms with Gasteiger partial charge in [-0.25, -0.2) is 4.79 Å². The summed E-state index contributed by atoms with van der Waals surface area (Å²) in [5.74, 6) is 0.936. The molecule has 0 aliphatic carbocycles. The third-order valence-corrected chi connectivity index (χ3v) is 3.57. The van der Waals surface area contributed by atoms with Gasteiger partial charge in [-0.3, -0.25) is 0 Å². The van der Waals surface area contributed by atoms with Crippen LogP contribution < -0.4 is 9.47 Å². The number of carbonyl (C=O) groups excluding carboxylic acids is 1. The summed E-state index contributed by atoms with van der Waals surface area (Å²) in [6.45, 7) is 8.42. The minimum absolute atomic E-state index is 0.0727. The van der Waals surface area contributed by atoms with Crippen molar-refractivity contribution < 1.29 is 14.3 Å². The first-order valence-electron chi connectivity index (χ1n) is 7.28. The summed E-state index contributed by atoms with van der Waals surface area (Å²) in [6, 6.07) is 12.8. The Bertz CT molecular complexity index is 664. The van der Waals surface area contributed by atoms with Gasteiger partial charge in [-0.05, 0) is 53.8 Å². The first-order valence-corrected chi connectivity index (χ1v) is 7.28. The van der Waals surface area contributed by atoms with E-state index in [1.54, 1.807) is 31.4 Å². The average Bonchev–Trinajstić information content (AvgIpc) is 2.48. The molecule has 0 bridgehead atoms. The number of rotatable bonds is 3. The Labute approximate surface area is 131 Å². The fraction of sp³-hybridized carbons (Fsp3) is 0.316. The summed E-state index contributed by atoms with van der Waals surface area (Å²) in [4.78, 5) is 12.2. The highest BCUT2D eigenvalue weighted by Gasteiger charge is 2.16. The molecule has 2 rings (SSSR count). The summed E-state index contributed by atoms with van der Waals surface area (Å²) < 4.78 is 10.6. The SMILES string of the molecule is COc1ccc(C(=O)Oc2ccc(C(C)(C)C)cc2C)cc1. The molecule has 116 valence electrons. The Balaban J connectivity index is 2.17. The van der Waals surface area contributed by atoms with E-state index in [9.17, 15) is 4.79 Å². The van der Waals surface area contributed by atoms with Crippen LogP contribution in [0.3, 0.4) is 0 Å². The zero-order valence-corrected chi connectivity index (χ0v) is 13.8. The van der Waals surface area contributed by atoms with Gasteiger partial charge in [0, 0.05) is 0 Å². The zero-order valence-electron chi connectivity index (χ0n) is 13.8. The van der Waals surface area contributed by atoms with Crippen molar-refractivity contribution in [3.05, 3.63) is 59.2 Å². The van der Waals surface area contributed by atoms with Crippen molar-refractivity contribution in [1.82, 2.24) is 0 Å². The van der Waals surface area contributed by atoms with Crippen LogP contribution >= 0.6 is 0 Å². The van der Waals surface area contributed by atoms with Crippen LogP contribution in [0, 0.1) is 6.92 Å². The van der Waals surface area contributed by atoms with Gasteiger partial charge in [-0.2, -0.15) is 0 Å². The van der Waals surface area contributed by atoms with E-state index in [0.29, 0.717) is 17.1 Å². The lowest BCUT2D eigenvalue weighted by molar-refractivity contribution is 0.0733. The third kappa shape index (κ3) is 3.67. The second-order valence-electron chi connectivity index (χ2n) is 6.35. The van der Waals surface area contributed by atoms with Gasteiger partial charge in [0.1, 0.15) is 11.5 Å². The van der Waals surface area contributed by atoms with Crippen LogP contribution in [0.2, 0.25) is 0 Å². The Hall–Kier alpha value is -2.29. The van der Waals surface area contributed by atoms with Gasteiger partial charge >= 0.3 is 5.97 Å². The zero-order chi connectivity index (χ0) is 16.3. The number of carbonyl (C=O) groups is 1. The molecule has 0 fully saturated rings. The Morgan fingerprint density at radius 1 is 1.00 bits per heavy atom. The number of hydrogen-bond donors (Lipinski definition) is 0. The highest BCUT2D eigenvalue weighted by molar-refractivity contribution is 5.91. The molecule has 0 aliphatic heterocycles. The quantitative estimate of drug-likeness (QED) is 0.617. The molecule has 3 heteroatoms. The summed E-state index contributed by atoms with van der Waals surface area (Å²) in [5.41, 5.74) is 2.74. The summed E-state index contributed by atoms with van der Waals surface area (Å²) in [7, 11) is 1.59. The lowest BCUT2D eigenvalue weighted by Gasteiger charge is -2.20. The molecule has 0 saturated carbocycles. The second-order valence-corrected chi connectivity index (χ2v) is 6.35. The van der Waals surface area contributed by atoms with Gasteiger partial charge in [-0.1, -0.05) is 32.9 Å². The molecule has 0 N–H and O–H groups in total. The molecule has 0 spiro atoms.